The normalized spacial score (nSPS) is 17.6. The molecule has 1 aliphatic carbocycles. The van der Waals surface area contributed by atoms with Crippen molar-refractivity contribution in [3.05, 3.63) is 16.3 Å². The summed E-state index contributed by atoms with van der Waals surface area (Å²) in [6.45, 7) is 7.37. The van der Waals surface area contributed by atoms with Gasteiger partial charge in [0.1, 0.15) is 0 Å². The van der Waals surface area contributed by atoms with Gasteiger partial charge in [-0.3, -0.25) is 0 Å². The SMILES string of the molecule is CC(C)NCc1sccc1S(=O)(=O)NCC(C)C1CC1. The molecule has 114 valence electrons. The minimum absolute atomic E-state index is 0.343. The molecule has 0 spiro atoms. The predicted molar refractivity (Wildman–Crippen MR) is 83.4 cm³/mol. The summed E-state index contributed by atoms with van der Waals surface area (Å²) in [5.41, 5.74) is 0. The molecule has 2 N–H and O–H groups in total. The average molecular weight is 316 g/mol. The molecular formula is C14H24N2O2S2. The maximum atomic E-state index is 12.4. The summed E-state index contributed by atoms with van der Waals surface area (Å²) < 4.78 is 27.5. The molecule has 1 heterocycles. The van der Waals surface area contributed by atoms with Crippen molar-refractivity contribution in [1.82, 2.24) is 10.0 Å². The lowest BCUT2D eigenvalue weighted by molar-refractivity contribution is 0.491. The second-order valence-electron chi connectivity index (χ2n) is 5.91. The molecule has 2 rings (SSSR count). The van der Waals surface area contributed by atoms with E-state index in [0.29, 0.717) is 35.9 Å². The largest absolute Gasteiger partial charge is 0.310 e. The van der Waals surface area contributed by atoms with Crippen molar-refractivity contribution in [3.63, 3.8) is 0 Å². The van der Waals surface area contributed by atoms with E-state index >= 15 is 0 Å². The minimum Gasteiger partial charge on any atom is -0.310 e. The van der Waals surface area contributed by atoms with Crippen molar-refractivity contribution in [2.75, 3.05) is 6.54 Å². The summed E-state index contributed by atoms with van der Waals surface area (Å²) in [6, 6.07) is 2.04. The summed E-state index contributed by atoms with van der Waals surface area (Å²) >= 11 is 1.49. The third-order valence-corrected chi connectivity index (χ3v) is 6.25. The Balaban J connectivity index is 1.99. The maximum Gasteiger partial charge on any atom is 0.241 e. The Morgan fingerprint density at radius 2 is 2.05 bits per heavy atom. The molecule has 1 atom stereocenters. The first-order valence-electron chi connectivity index (χ1n) is 7.19. The lowest BCUT2D eigenvalue weighted by Crippen LogP contribution is -2.30. The first-order valence-corrected chi connectivity index (χ1v) is 9.56. The third kappa shape index (κ3) is 4.28. The zero-order valence-electron chi connectivity index (χ0n) is 12.3. The molecule has 1 aliphatic rings. The molecule has 1 aromatic rings. The number of hydrogen-bond acceptors (Lipinski definition) is 4. The summed E-state index contributed by atoms with van der Waals surface area (Å²) in [5.74, 6) is 1.14. The van der Waals surface area contributed by atoms with Crippen molar-refractivity contribution >= 4 is 21.4 Å². The Kier molecular flexibility index (Phi) is 5.23. The topological polar surface area (TPSA) is 58.2 Å². The number of sulfonamides is 1. The van der Waals surface area contributed by atoms with Crippen LogP contribution in [-0.2, 0) is 16.6 Å². The fourth-order valence-electron chi connectivity index (χ4n) is 2.14. The van der Waals surface area contributed by atoms with Gasteiger partial charge in [-0.05, 0) is 36.1 Å². The van der Waals surface area contributed by atoms with Gasteiger partial charge in [0.25, 0.3) is 0 Å². The van der Waals surface area contributed by atoms with Gasteiger partial charge in [0.15, 0.2) is 0 Å². The fourth-order valence-corrected chi connectivity index (χ4v) is 4.68. The van der Waals surface area contributed by atoms with Crippen molar-refractivity contribution in [2.24, 2.45) is 11.8 Å². The van der Waals surface area contributed by atoms with Crippen LogP contribution < -0.4 is 10.0 Å². The van der Waals surface area contributed by atoms with Crippen LogP contribution in [0.2, 0.25) is 0 Å². The van der Waals surface area contributed by atoms with E-state index in [2.05, 4.69) is 30.8 Å². The van der Waals surface area contributed by atoms with E-state index in [1.807, 2.05) is 5.38 Å². The molecule has 0 aliphatic heterocycles. The predicted octanol–water partition coefficient (Wildman–Crippen LogP) is 2.57. The van der Waals surface area contributed by atoms with Crippen LogP contribution in [0.4, 0.5) is 0 Å². The molecule has 1 fully saturated rings. The van der Waals surface area contributed by atoms with Gasteiger partial charge in [0, 0.05) is 24.0 Å². The van der Waals surface area contributed by atoms with E-state index in [9.17, 15) is 8.42 Å². The number of hydrogen-bond donors (Lipinski definition) is 2. The lowest BCUT2D eigenvalue weighted by Gasteiger charge is -2.13. The highest BCUT2D eigenvalue weighted by Gasteiger charge is 2.29. The molecule has 1 saturated carbocycles. The molecule has 1 aromatic heterocycles. The van der Waals surface area contributed by atoms with Crippen LogP contribution in [0.3, 0.4) is 0 Å². The summed E-state index contributed by atoms with van der Waals surface area (Å²) in [4.78, 5) is 1.31. The van der Waals surface area contributed by atoms with Crippen LogP contribution in [0.1, 0.15) is 38.5 Å². The Labute approximate surface area is 126 Å². The highest BCUT2D eigenvalue weighted by molar-refractivity contribution is 7.89. The van der Waals surface area contributed by atoms with Gasteiger partial charge in [0.05, 0.1) is 4.90 Å². The molecule has 1 unspecified atom stereocenters. The van der Waals surface area contributed by atoms with E-state index in [1.54, 1.807) is 6.07 Å². The van der Waals surface area contributed by atoms with Gasteiger partial charge >= 0.3 is 0 Å². The van der Waals surface area contributed by atoms with Crippen LogP contribution in [0, 0.1) is 11.8 Å². The maximum absolute atomic E-state index is 12.4. The van der Waals surface area contributed by atoms with E-state index in [-0.39, 0.29) is 0 Å². The number of rotatable bonds is 8. The molecule has 4 nitrogen and oxygen atoms in total. The lowest BCUT2D eigenvalue weighted by atomic mass is 10.1. The average Bonchev–Trinajstić information content (AvgIpc) is 3.11. The molecule has 6 heteroatoms. The highest BCUT2D eigenvalue weighted by Crippen LogP contribution is 2.36. The third-order valence-electron chi connectivity index (χ3n) is 3.69. The van der Waals surface area contributed by atoms with E-state index in [1.165, 1.54) is 24.2 Å². The van der Waals surface area contributed by atoms with Gasteiger partial charge in [-0.15, -0.1) is 11.3 Å². The number of thiophene rings is 1. The zero-order chi connectivity index (χ0) is 14.8. The molecule has 0 radical (unpaired) electrons. The van der Waals surface area contributed by atoms with Gasteiger partial charge in [-0.25, -0.2) is 13.1 Å². The van der Waals surface area contributed by atoms with Crippen molar-refractivity contribution in [3.8, 4) is 0 Å². The second kappa shape index (κ2) is 6.56. The van der Waals surface area contributed by atoms with Crippen LogP contribution in [-0.4, -0.2) is 21.0 Å². The zero-order valence-corrected chi connectivity index (χ0v) is 14.0. The van der Waals surface area contributed by atoms with Crippen LogP contribution >= 0.6 is 11.3 Å². The first-order chi connectivity index (χ1) is 9.40. The minimum atomic E-state index is -3.38. The molecule has 0 amide bonds. The Morgan fingerprint density at radius 3 is 2.65 bits per heavy atom. The Hall–Kier alpha value is -0.430. The quantitative estimate of drug-likeness (QED) is 0.775. The molecule has 20 heavy (non-hydrogen) atoms. The van der Waals surface area contributed by atoms with Gasteiger partial charge in [0.2, 0.25) is 10.0 Å². The molecule has 0 saturated heterocycles. The smallest absolute Gasteiger partial charge is 0.241 e. The van der Waals surface area contributed by atoms with Crippen molar-refractivity contribution in [1.29, 1.82) is 0 Å². The summed E-state index contributed by atoms with van der Waals surface area (Å²) in [6.07, 6.45) is 2.48. The number of nitrogens with one attached hydrogen (secondary N) is 2. The Bertz CT molecular complexity index is 533. The van der Waals surface area contributed by atoms with Crippen LogP contribution in [0.15, 0.2) is 16.3 Å². The fraction of sp³-hybridized carbons (Fsp3) is 0.714. The molecule has 0 bridgehead atoms. The Morgan fingerprint density at radius 1 is 1.35 bits per heavy atom. The van der Waals surface area contributed by atoms with E-state index < -0.39 is 10.0 Å². The van der Waals surface area contributed by atoms with Crippen molar-refractivity contribution in [2.45, 2.75) is 51.1 Å². The van der Waals surface area contributed by atoms with E-state index in [0.717, 1.165) is 4.88 Å². The monoisotopic (exact) mass is 316 g/mol. The summed E-state index contributed by atoms with van der Waals surface area (Å²) in [5, 5.41) is 5.12. The first kappa shape index (κ1) is 15.9. The highest BCUT2D eigenvalue weighted by atomic mass is 32.2. The summed E-state index contributed by atoms with van der Waals surface area (Å²) in [7, 11) is -3.38. The van der Waals surface area contributed by atoms with Crippen LogP contribution in [0.25, 0.3) is 0 Å². The second-order valence-corrected chi connectivity index (χ2v) is 8.65. The van der Waals surface area contributed by atoms with Crippen LogP contribution in [0.5, 0.6) is 0 Å². The molecule has 0 aromatic carbocycles. The van der Waals surface area contributed by atoms with Gasteiger partial charge in [-0.1, -0.05) is 20.8 Å². The van der Waals surface area contributed by atoms with Crippen molar-refractivity contribution < 1.29 is 8.42 Å². The van der Waals surface area contributed by atoms with Gasteiger partial charge < -0.3 is 5.32 Å². The standard InChI is InChI=1S/C14H24N2O2S2/c1-10(2)15-9-13-14(6-7-19-13)20(17,18)16-8-11(3)12-4-5-12/h6-7,10-12,15-16H,4-5,8-9H2,1-3H3. The van der Waals surface area contributed by atoms with Gasteiger partial charge in [-0.2, -0.15) is 0 Å². The molecular weight excluding hydrogens is 292 g/mol. The van der Waals surface area contributed by atoms with E-state index in [4.69, 9.17) is 0 Å².